The van der Waals surface area contributed by atoms with Crippen molar-refractivity contribution in [3.63, 3.8) is 0 Å². The van der Waals surface area contributed by atoms with E-state index >= 15 is 0 Å². The topological polar surface area (TPSA) is 55.4 Å². The maximum atomic E-state index is 12.2. The van der Waals surface area contributed by atoms with Gasteiger partial charge in [-0.05, 0) is 31.2 Å². The molecule has 0 saturated carbocycles. The monoisotopic (exact) mass is 329 g/mol. The van der Waals surface area contributed by atoms with E-state index in [2.05, 4.69) is 5.32 Å². The van der Waals surface area contributed by atoms with E-state index in [-0.39, 0.29) is 22.7 Å². The molecule has 120 valence electrons. The van der Waals surface area contributed by atoms with Crippen LogP contribution in [0.4, 0.5) is 5.69 Å². The fraction of sp³-hybridized carbons (Fsp3) is 0.222. The summed E-state index contributed by atoms with van der Waals surface area (Å²) >= 11 is 1.33. The molecule has 0 bridgehead atoms. The quantitative estimate of drug-likeness (QED) is 0.788. The zero-order chi connectivity index (χ0) is 16.7. The molecule has 0 radical (unpaired) electrons. The smallest absolute Gasteiger partial charge is 0.234 e. The number of ketones is 1. The van der Waals surface area contributed by atoms with Crippen LogP contribution in [-0.4, -0.2) is 29.8 Å². The van der Waals surface area contributed by atoms with Crippen molar-refractivity contribution in [1.29, 1.82) is 0 Å². The van der Waals surface area contributed by atoms with Gasteiger partial charge in [-0.25, -0.2) is 0 Å². The highest BCUT2D eigenvalue weighted by Crippen LogP contribution is 2.18. The van der Waals surface area contributed by atoms with Gasteiger partial charge in [0, 0.05) is 11.3 Å². The van der Waals surface area contributed by atoms with E-state index < -0.39 is 0 Å². The average molecular weight is 329 g/mol. The third-order valence-electron chi connectivity index (χ3n) is 3.27. The molecule has 0 aromatic heterocycles. The molecule has 0 saturated heterocycles. The number of benzene rings is 2. The van der Waals surface area contributed by atoms with Gasteiger partial charge in [-0.3, -0.25) is 9.59 Å². The van der Waals surface area contributed by atoms with Gasteiger partial charge in [0.1, 0.15) is 5.75 Å². The number of thioether (sulfide) groups is 1. The lowest BCUT2D eigenvalue weighted by molar-refractivity contribution is -0.113. The van der Waals surface area contributed by atoms with Crippen LogP contribution in [0, 0.1) is 0 Å². The lowest BCUT2D eigenvalue weighted by Crippen LogP contribution is -2.19. The first-order valence-corrected chi connectivity index (χ1v) is 8.30. The molecule has 0 spiro atoms. The maximum absolute atomic E-state index is 12.2. The van der Waals surface area contributed by atoms with Gasteiger partial charge in [-0.2, -0.15) is 0 Å². The molecule has 2 aromatic carbocycles. The number of ether oxygens (including phenoxy) is 1. The molecule has 1 N–H and O–H groups in total. The van der Waals surface area contributed by atoms with Crippen LogP contribution < -0.4 is 10.1 Å². The SMILES string of the molecule is COc1ccc(NC(=O)CSC(C)C(=O)c2ccccc2)cc1. The van der Waals surface area contributed by atoms with Crippen molar-refractivity contribution < 1.29 is 14.3 Å². The fourth-order valence-corrected chi connectivity index (χ4v) is 2.75. The third kappa shape index (κ3) is 5.14. The summed E-state index contributed by atoms with van der Waals surface area (Å²) in [6.45, 7) is 1.82. The Morgan fingerprint density at radius 3 is 2.35 bits per heavy atom. The number of nitrogens with one attached hydrogen (secondary N) is 1. The van der Waals surface area contributed by atoms with E-state index in [0.29, 0.717) is 11.3 Å². The number of amides is 1. The first kappa shape index (κ1) is 17.1. The predicted molar refractivity (Wildman–Crippen MR) is 94.3 cm³/mol. The molecule has 0 aliphatic carbocycles. The molecule has 4 nitrogen and oxygen atoms in total. The van der Waals surface area contributed by atoms with Gasteiger partial charge < -0.3 is 10.1 Å². The van der Waals surface area contributed by atoms with Crippen molar-refractivity contribution in [2.75, 3.05) is 18.2 Å². The number of hydrogen-bond donors (Lipinski definition) is 1. The molecule has 2 aromatic rings. The van der Waals surface area contributed by atoms with Crippen molar-refractivity contribution in [2.45, 2.75) is 12.2 Å². The predicted octanol–water partition coefficient (Wildman–Crippen LogP) is 3.64. The van der Waals surface area contributed by atoms with E-state index in [1.54, 1.807) is 43.5 Å². The Morgan fingerprint density at radius 1 is 1.09 bits per heavy atom. The molecule has 0 aliphatic heterocycles. The number of anilines is 1. The standard InChI is InChI=1S/C18H19NO3S/c1-13(18(21)14-6-4-3-5-7-14)23-12-17(20)19-15-8-10-16(22-2)11-9-15/h3-11,13H,12H2,1-2H3,(H,19,20). The fourth-order valence-electron chi connectivity index (χ4n) is 1.98. The summed E-state index contributed by atoms with van der Waals surface area (Å²) in [4.78, 5) is 24.2. The Labute approximate surface area is 140 Å². The zero-order valence-corrected chi connectivity index (χ0v) is 13.9. The van der Waals surface area contributed by atoms with Gasteiger partial charge in [-0.15, -0.1) is 11.8 Å². The summed E-state index contributed by atoms with van der Waals surface area (Å²) in [6, 6.07) is 16.2. The number of hydrogen-bond acceptors (Lipinski definition) is 4. The summed E-state index contributed by atoms with van der Waals surface area (Å²) < 4.78 is 5.07. The van der Waals surface area contributed by atoms with Crippen molar-refractivity contribution in [3.8, 4) is 5.75 Å². The summed E-state index contributed by atoms with van der Waals surface area (Å²) in [7, 11) is 1.59. The van der Waals surface area contributed by atoms with Crippen LogP contribution in [0.25, 0.3) is 0 Å². The number of methoxy groups -OCH3 is 1. The minimum Gasteiger partial charge on any atom is -0.497 e. The summed E-state index contributed by atoms with van der Waals surface area (Å²) in [6.07, 6.45) is 0. The molecular formula is C18H19NO3S. The van der Waals surface area contributed by atoms with Crippen LogP contribution in [0.5, 0.6) is 5.75 Å². The van der Waals surface area contributed by atoms with E-state index in [1.807, 2.05) is 25.1 Å². The summed E-state index contributed by atoms with van der Waals surface area (Å²) in [5.74, 6) is 0.867. The van der Waals surface area contributed by atoms with Crippen molar-refractivity contribution >= 4 is 29.1 Å². The van der Waals surface area contributed by atoms with Gasteiger partial charge in [0.05, 0.1) is 18.1 Å². The number of carbonyl (C=O) groups is 2. The second-order valence-electron chi connectivity index (χ2n) is 4.96. The minimum absolute atomic E-state index is 0.0350. The van der Waals surface area contributed by atoms with Gasteiger partial charge in [0.25, 0.3) is 0 Å². The van der Waals surface area contributed by atoms with Crippen LogP contribution in [0.1, 0.15) is 17.3 Å². The molecule has 1 atom stereocenters. The molecular weight excluding hydrogens is 310 g/mol. The second kappa shape index (κ2) is 8.39. The lowest BCUT2D eigenvalue weighted by Gasteiger charge is -2.11. The van der Waals surface area contributed by atoms with Crippen LogP contribution in [0.3, 0.4) is 0 Å². The van der Waals surface area contributed by atoms with Crippen molar-refractivity contribution in [2.24, 2.45) is 0 Å². The molecule has 1 unspecified atom stereocenters. The summed E-state index contributed by atoms with van der Waals surface area (Å²) in [5, 5.41) is 2.54. The Kier molecular flexibility index (Phi) is 6.23. The normalized spacial score (nSPS) is 11.6. The lowest BCUT2D eigenvalue weighted by atomic mass is 10.1. The molecule has 1 amide bonds. The highest BCUT2D eigenvalue weighted by atomic mass is 32.2. The van der Waals surface area contributed by atoms with Gasteiger partial charge in [0.15, 0.2) is 5.78 Å². The first-order chi connectivity index (χ1) is 11.1. The molecule has 23 heavy (non-hydrogen) atoms. The minimum atomic E-state index is -0.265. The van der Waals surface area contributed by atoms with Crippen molar-refractivity contribution in [3.05, 3.63) is 60.2 Å². The van der Waals surface area contributed by atoms with Gasteiger partial charge >= 0.3 is 0 Å². The molecule has 5 heteroatoms. The number of Topliss-reactive ketones (excluding diaryl/α,β-unsaturated/α-hetero) is 1. The molecule has 0 aliphatic rings. The number of carbonyl (C=O) groups excluding carboxylic acids is 2. The van der Waals surface area contributed by atoms with E-state index in [0.717, 1.165) is 5.75 Å². The van der Waals surface area contributed by atoms with E-state index in [9.17, 15) is 9.59 Å². The number of rotatable bonds is 7. The first-order valence-electron chi connectivity index (χ1n) is 7.25. The van der Waals surface area contributed by atoms with Crippen LogP contribution in [-0.2, 0) is 4.79 Å². The third-order valence-corrected chi connectivity index (χ3v) is 4.41. The van der Waals surface area contributed by atoms with E-state index in [4.69, 9.17) is 4.74 Å². The van der Waals surface area contributed by atoms with Crippen molar-refractivity contribution in [1.82, 2.24) is 0 Å². The zero-order valence-electron chi connectivity index (χ0n) is 13.1. The Hall–Kier alpha value is -2.27. The highest BCUT2D eigenvalue weighted by Gasteiger charge is 2.16. The molecule has 0 heterocycles. The Balaban J connectivity index is 1.82. The van der Waals surface area contributed by atoms with Crippen LogP contribution >= 0.6 is 11.8 Å². The Morgan fingerprint density at radius 2 is 1.74 bits per heavy atom. The molecule has 0 fully saturated rings. The highest BCUT2D eigenvalue weighted by molar-refractivity contribution is 8.01. The molecule has 2 rings (SSSR count). The Bertz CT molecular complexity index is 656. The summed E-state index contributed by atoms with van der Waals surface area (Å²) in [5.41, 5.74) is 1.38. The largest absolute Gasteiger partial charge is 0.497 e. The van der Waals surface area contributed by atoms with Crippen LogP contribution in [0.15, 0.2) is 54.6 Å². The van der Waals surface area contributed by atoms with Gasteiger partial charge in [-0.1, -0.05) is 30.3 Å². The van der Waals surface area contributed by atoms with Gasteiger partial charge in [0.2, 0.25) is 5.91 Å². The average Bonchev–Trinajstić information content (AvgIpc) is 2.60. The second-order valence-corrected chi connectivity index (χ2v) is 6.29. The maximum Gasteiger partial charge on any atom is 0.234 e. The van der Waals surface area contributed by atoms with Crippen LogP contribution in [0.2, 0.25) is 0 Å². The van der Waals surface area contributed by atoms with E-state index in [1.165, 1.54) is 11.8 Å².